The molecule has 0 amide bonds. The lowest BCUT2D eigenvalue weighted by molar-refractivity contribution is 0.0697. The monoisotopic (exact) mass is 577 g/mol. The highest BCUT2D eigenvalue weighted by molar-refractivity contribution is 5.92. The molecule has 43 heavy (non-hydrogen) atoms. The van der Waals surface area contributed by atoms with Gasteiger partial charge in [0.15, 0.2) is 5.69 Å². The summed E-state index contributed by atoms with van der Waals surface area (Å²) in [6, 6.07) is 20.7. The van der Waals surface area contributed by atoms with E-state index in [0.717, 1.165) is 6.07 Å². The smallest absolute Gasteiger partial charge is 0.335 e. The van der Waals surface area contributed by atoms with E-state index in [1.165, 1.54) is 30.3 Å². The third-order valence-corrected chi connectivity index (χ3v) is 6.89. The van der Waals surface area contributed by atoms with Gasteiger partial charge in [-0.15, -0.1) is 0 Å². The van der Waals surface area contributed by atoms with Gasteiger partial charge in [-0.05, 0) is 55.8 Å². The molecule has 8 nitrogen and oxygen atoms in total. The van der Waals surface area contributed by atoms with Crippen LogP contribution in [0.3, 0.4) is 0 Å². The van der Waals surface area contributed by atoms with Crippen molar-refractivity contribution < 1.29 is 23.4 Å². The van der Waals surface area contributed by atoms with Crippen LogP contribution in [-0.4, -0.2) is 25.6 Å². The van der Waals surface area contributed by atoms with Crippen LogP contribution in [0.25, 0.3) is 27.1 Å². The molecule has 0 radical (unpaired) electrons. The van der Waals surface area contributed by atoms with E-state index in [9.17, 15) is 19.6 Å². The predicted octanol–water partition coefficient (Wildman–Crippen LogP) is 7.35. The van der Waals surface area contributed by atoms with Gasteiger partial charge in [-0.3, -0.25) is 0 Å². The SMILES string of the molecule is [C-]#[N+]c1ccc(COc2cccc(-c3ccc(Cc4nc5ccc(C(=O)O)cc5n4CC(C)(C)C#N)c(F)c3)n2)c(F)c1. The van der Waals surface area contributed by atoms with Crippen LogP contribution in [0, 0.1) is 35.0 Å². The second kappa shape index (κ2) is 11.7. The van der Waals surface area contributed by atoms with Crippen LogP contribution in [0.1, 0.15) is 41.2 Å². The zero-order valence-electron chi connectivity index (χ0n) is 23.3. The van der Waals surface area contributed by atoms with Crippen molar-refractivity contribution in [2.24, 2.45) is 5.41 Å². The third-order valence-electron chi connectivity index (χ3n) is 6.89. The number of carboxylic acid groups (broad SMARTS) is 1. The fraction of sp³-hybridized carbons (Fsp3) is 0.182. The van der Waals surface area contributed by atoms with E-state index in [4.69, 9.17) is 11.3 Å². The van der Waals surface area contributed by atoms with Gasteiger partial charge in [0.25, 0.3) is 0 Å². The Balaban J connectivity index is 1.40. The molecule has 0 saturated carbocycles. The minimum Gasteiger partial charge on any atom is -0.478 e. The Morgan fingerprint density at radius 3 is 2.51 bits per heavy atom. The molecule has 0 spiro atoms. The number of nitrogens with zero attached hydrogens (tertiary/aromatic N) is 5. The average Bonchev–Trinajstić information content (AvgIpc) is 3.32. The van der Waals surface area contributed by atoms with E-state index in [2.05, 4.69) is 20.9 Å². The Kier molecular flexibility index (Phi) is 7.87. The van der Waals surface area contributed by atoms with Crippen LogP contribution in [0.4, 0.5) is 14.5 Å². The first-order valence-electron chi connectivity index (χ1n) is 13.2. The molecule has 5 rings (SSSR count). The van der Waals surface area contributed by atoms with Gasteiger partial charge in [-0.2, -0.15) is 5.26 Å². The topological polar surface area (TPSA) is 105 Å². The number of aromatic carboxylic acids is 1. The van der Waals surface area contributed by atoms with Gasteiger partial charge in [0.05, 0.1) is 40.3 Å². The van der Waals surface area contributed by atoms with Crippen LogP contribution in [0.5, 0.6) is 5.88 Å². The molecule has 5 aromatic rings. The quantitative estimate of drug-likeness (QED) is 0.184. The molecule has 0 atom stereocenters. The van der Waals surface area contributed by atoms with E-state index in [0.29, 0.717) is 33.7 Å². The maximum atomic E-state index is 15.5. The number of hydrogen-bond acceptors (Lipinski definition) is 5. The Bertz CT molecular complexity index is 1950. The first-order valence-corrected chi connectivity index (χ1v) is 13.2. The number of benzene rings is 3. The summed E-state index contributed by atoms with van der Waals surface area (Å²) in [7, 11) is 0. The standard InChI is InChI=1S/C33H25F2N5O3/c1-33(2,18-36)19-40-29-14-22(32(41)42)10-12-28(29)38-30(40)15-20-7-8-21(13-25(20)34)27-5-4-6-31(39-27)43-17-23-9-11-24(37-3)16-26(23)35/h4-14,16H,15,17,19H2,1-2H3,(H,41,42). The van der Waals surface area contributed by atoms with Gasteiger partial charge in [-0.25, -0.2) is 28.4 Å². The Morgan fingerprint density at radius 1 is 1.05 bits per heavy atom. The maximum Gasteiger partial charge on any atom is 0.335 e. The largest absolute Gasteiger partial charge is 0.478 e. The molecule has 0 fully saturated rings. The van der Waals surface area contributed by atoms with E-state index < -0.39 is 23.0 Å². The number of rotatable bonds is 9. The summed E-state index contributed by atoms with van der Waals surface area (Å²) in [5, 5.41) is 19.1. The molecular formula is C33H25F2N5O3. The minimum absolute atomic E-state index is 0.0901. The summed E-state index contributed by atoms with van der Waals surface area (Å²) < 4.78 is 37.1. The van der Waals surface area contributed by atoms with Gasteiger partial charge < -0.3 is 14.4 Å². The predicted molar refractivity (Wildman–Crippen MR) is 156 cm³/mol. The van der Waals surface area contributed by atoms with Crippen molar-refractivity contribution in [3.8, 4) is 23.2 Å². The lowest BCUT2D eigenvalue weighted by Crippen LogP contribution is -2.19. The van der Waals surface area contributed by atoms with Gasteiger partial charge in [0.1, 0.15) is 24.1 Å². The molecule has 214 valence electrons. The molecule has 0 aliphatic heterocycles. The number of ether oxygens (including phenoxy) is 1. The molecule has 0 saturated heterocycles. The van der Waals surface area contributed by atoms with Crippen LogP contribution >= 0.6 is 0 Å². The first kappa shape index (κ1) is 28.9. The number of carboxylic acids is 1. The van der Waals surface area contributed by atoms with Crippen molar-refractivity contribution in [1.29, 1.82) is 5.26 Å². The van der Waals surface area contributed by atoms with Crippen molar-refractivity contribution in [1.82, 2.24) is 14.5 Å². The highest BCUT2D eigenvalue weighted by Gasteiger charge is 2.23. The molecule has 3 aromatic carbocycles. The lowest BCUT2D eigenvalue weighted by atomic mass is 9.95. The highest BCUT2D eigenvalue weighted by Crippen LogP contribution is 2.28. The van der Waals surface area contributed by atoms with E-state index in [1.54, 1.807) is 54.8 Å². The van der Waals surface area contributed by atoms with Gasteiger partial charge >= 0.3 is 5.97 Å². The Morgan fingerprint density at radius 2 is 1.81 bits per heavy atom. The van der Waals surface area contributed by atoms with E-state index >= 15 is 4.39 Å². The molecular weight excluding hydrogens is 552 g/mol. The number of carbonyl (C=O) groups is 1. The zero-order valence-corrected chi connectivity index (χ0v) is 23.3. The summed E-state index contributed by atoms with van der Waals surface area (Å²) in [4.78, 5) is 23.9. The number of halogens is 2. The molecule has 2 heterocycles. The van der Waals surface area contributed by atoms with Gasteiger partial charge in [0, 0.05) is 30.2 Å². The third kappa shape index (κ3) is 6.34. The van der Waals surface area contributed by atoms with E-state index in [-0.39, 0.29) is 42.3 Å². The number of pyridine rings is 1. The van der Waals surface area contributed by atoms with Crippen LogP contribution in [0.15, 0.2) is 72.8 Å². The number of fused-ring (bicyclic) bond motifs is 1. The number of nitriles is 1. The van der Waals surface area contributed by atoms with Crippen LogP contribution in [-0.2, 0) is 19.6 Å². The number of imidazole rings is 1. The Labute approximate surface area is 246 Å². The van der Waals surface area contributed by atoms with Crippen molar-refractivity contribution in [3.05, 3.63) is 118 Å². The molecule has 2 aromatic heterocycles. The fourth-order valence-electron chi connectivity index (χ4n) is 4.60. The highest BCUT2D eigenvalue weighted by atomic mass is 19.1. The first-order chi connectivity index (χ1) is 20.6. The molecule has 10 heteroatoms. The molecule has 1 N–H and O–H groups in total. The molecule has 0 aliphatic carbocycles. The van der Waals surface area contributed by atoms with Crippen molar-refractivity contribution in [3.63, 3.8) is 0 Å². The fourth-order valence-corrected chi connectivity index (χ4v) is 4.60. The normalized spacial score (nSPS) is 11.2. The van der Waals surface area contributed by atoms with E-state index in [1.807, 2.05) is 0 Å². The van der Waals surface area contributed by atoms with Crippen LogP contribution in [0.2, 0.25) is 0 Å². The minimum atomic E-state index is -1.08. The second-order valence-corrected chi connectivity index (χ2v) is 10.6. The molecule has 0 unspecified atom stereocenters. The Hall–Kier alpha value is -5.61. The van der Waals surface area contributed by atoms with Gasteiger partial charge in [-0.1, -0.05) is 30.3 Å². The molecule has 0 bridgehead atoms. The summed E-state index contributed by atoms with van der Waals surface area (Å²) in [5.41, 5.74) is 2.20. The number of hydrogen-bond donors (Lipinski definition) is 1. The lowest BCUT2D eigenvalue weighted by Gasteiger charge is -2.19. The summed E-state index contributed by atoms with van der Waals surface area (Å²) in [5.74, 6) is -1.39. The summed E-state index contributed by atoms with van der Waals surface area (Å²) >= 11 is 0. The summed E-state index contributed by atoms with van der Waals surface area (Å²) in [6.07, 6.45) is 0.110. The zero-order chi connectivity index (χ0) is 30.7. The van der Waals surface area contributed by atoms with Crippen molar-refractivity contribution >= 4 is 22.7 Å². The van der Waals surface area contributed by atoms with Crippen LogP contribution < -0.4 is 4.74 Å². The van der Waals surface area contributed by atoms with Crippen molar-refractivity contribution in [2.75, 3.05) is 0 Å². The second-order valence-electron chi connectivity index (χ2n) is 10.6. The average molecular weight is 578 g/mol. The summed E-state index contributed by atoms with van der Waals surface area (Å²) in [6.45, 7) is 10.7. The van der Waals surface area contributed by atoms with Gasteiger partial charge in [0.2, 0.25) is 5.88 Å². The molecule has 0 aliphatic rings. The maximum absolute atomic E-state index is 15.5. The number of aromatic nitrogens is 3. The van der Waals surface area contributed by atoms with Crippen molar-refractivity contribution in [2.45, 2.75) is 33.4 Å².